The first-order chi connectivity index (χ1) is 19.1. The fraction of sp³-hybridized carbons (Fsp3) is 0.207. The van der Waals surface area contributed by atoms with Gasteiger partial charge in [-0.1, -0.05) is 24.3 Å². The molecule has 39 heavy (non-hydrogen) atoms. The molecule has 10 heteroatoms. The summed E-state index contributed by atoms with van der Waals surface area (Å²) in [5.41, 5.74) is 2.76. The highest BCUT2D eigenvalue weighted by molar-refractivity contribution is 6.24. The zero-order chi connectivity index (χ0) is 26.2. The molecule has 5 aliphatic heterocycles. The van der Waals surface area contributed by atoms with Crippen LogP contribution in [0.5, 0.6) is 23.0 Å². The molecule has 194 valence electrons. The van der Waals surface area contributed by atoms with Gasteiger partial charge in [0.05, 0.1) is 23.6 Å². The molecule has 3 aromatic rings. The lowest BCUT2D eigenvalue weighted by Gasteiger charge is -2.35. The Hall–Kier alpha value is -4.99. The van der Waals surface area contributed by atoms with Gasteiger partial charge in [-0.25, -0.2) is 4.90 Å². The van der Waals surface area contributed by atoms with Crippen molar-refractivity contribution in [2.75, 3.05) is 23.8 Å². The van der Waals surface area contributed by atoms with E-state index in [0.717, 1.165) is 11.1 Å². The zero-order valence-electron chi connectivity index (χ0n) is 20.4. The SMILES string of the molecule is O=C(Nc1ccc2c(c1)OCO2)[C@@H]1[C@@H]2C(=O)N(c3ccc4c(c3)OCO4)C(=O)[C@@H]2C2c3ccccc3C=CN21. The van der Waals surface area contributed by atoms with Crippen molar-refractivity contribution in [3.05, 3.63) is 78.0 Å². The maximum absolute atomic E-state index is 14.0. The van der Waals surface area contributed by atoms with E-state index in [9.17, 15) is 14.4 Å². The van der Waals surface area contributed by atoms with Gasteiger partial charge >= 0.3 is 0 Å². The highest BCUT2D eigenvalue weighted by Crippen LogP contribution is 2.53. The Kier molecular flexibility index (Phi) is 4.52. The van der Waals surface area contributed by atoms with Crippen LogP contribution in [0, 0.1) is 11.8 Å². The van der Waals surface area contributed by atoms with Gasteiger partial charge in [0, 0.05) is 24.0 Å². The Balaban J connectivity index is 1.20. The molecule has 3 aromatic carbocycles. The van der Waals surface area contributed by atoms with E-state index < -0.39 is 29.8 Å². The quantitative estimate of drug-likeness (QED) is 0.522. The average molecular weight is 524 g/mol. The first kappa shape index (κ1) is 22.0. The van der Waals surface area contributed by atoms with Crippen LogP contribution in [0.1, 0.15) is 17.2 Å². The van der Waals surface area contributed by atoms with Crippen molar-refractivity contribution in [3.63, 3.8) is 0 Å². The highest BCUT2D eigenvalue weighted by Gasteiger charge is 2.64. The predicted octanol–water partition coefficient (Wildman–Crippen LogP) is 3.30. The minimum Gasteiger partial charge on any atom is -0.454 e. The molecule has 0 aromatic heterocycles. The van der Waals surface area contributed by atoms with Crippen molar-refractivity contribution in [2.24, 2.45) is 11.8 Å². The molecule has 0 bridgehead atoms. The second kappa shape index (κ2) is 8.00. The molecule has 5 heterocycles. The summed E-state index contributed by atoms with van der Waals surface area (Å²) in [5.74, 6) is -0.643. The number of amides is 3. The molecule has 4 atom stereocenters. The molecule has 2 fully saturated rings. The molecule has 0 aliphatic carbocycles. The number of carbonyl (C=O) groups excluding carboxylic acids is 3. The van der Waals surface area contributed by atoms with Gasteiger partial charge in [-0.2, -0.15) is 0 Å². The predicted molar refractivity (Wildman–Crippen MR) is 137 cm³/mol. The molecular formula is C29H21N3O7. The lowest BCUT2D eigenvalue weighted by Crippen LogP contribution is -2.46. The van der Waals surface area contributed by atoms with Gasteiger partial charge in [-0.3, -0.25) is 14.4 Å². The third kappa shape index (κ3) is 3.11. The van der Waals surface area contributed by atoms with E-state index in [-0.39, 0.29) is 25.4 Å². The van der Waals surface area contributed by atoms with E-state index >= 15 is 0 Å². The van der Waals surface area contributed by atoms with E-state index in [4.69, 9.17) is 18.9 Å². The summed E-state index contributed by atoms with van der Waals surface area (Å²) >= 11 is 0. The van der Waals surface area contributed by atoms with E-state index in [0.29, 0.717) is 34.4 Å². The normalized spacial score (nSPS) is 25.0. The van der Waals surface area contributed by atoms with Gasteiger partial charge in [0.25, 0.3) is 0 Å². The van der Waals surface area contributed by atoms with E-state index in [2.05, 4.69) is 5.32 Å². The first-order valence-corrected chi connectivity index (χ1v) is 12.6. The number of nitrogens with zero attached hydrogens (tertiary/aromatic N) is 2. The molecule has 1 unspecified atom stereocenters. The summed E-state index contributed by atoms with van der Waals surface area (Å²) in [6.07, 6.45) is 3.74. The summed E-state index contributed by atoms with van der Waals surface area (Å²) in [7, 11) is 0. The third-order valence-electron chi connectivity index (χ3n) is 7.98. The number of imide groups is 1. The third-order valence-corrected chi connectivity index (χ3v) is 7.98. The number of nitrogens with one attached hydrogen (secondary N) is 1. The van der Waals surface area contributed by atoms with E-state index in [1.165, 1.54) is 4.90 Å². The van der Waals surface area contributed by atoms with E-state index in [1.807, 2.05) is 41.4 Å². The lowest BCUT2D eigenvalue weighted by molar-refractivity contribution is -0.128. The molecule has 2 saturated heterocycles. The molecule has 0 saturated carbocycles. The Labute approximate surface area is 222 Å². The molecule has 1 N–H and O–H groups in total. The smallest absolute Gasteiger partial charge is 0.247 e. The second-order valence-corrected chi connectivity index (χ2v) is 9.94. The highest BCUT2D eigenvalue weighted by atomic mass is 16.7. The number of ether oxygens (including phenoxy) is 4. The van der Waals surface area contributed by atoms with E-state index in [1.54, 1.807) is 36.4 Å². The average Bonchev–Trinajstić information content (AvgIpc) is 3.72. The van der Waals surface area contributed by atoms with Gasteiger partial charge in [0.15, 0.2) is 23.0 Å². The van der Waals surface area contributed by atoms with Crippen LogP contribution in [-0.4, -0.2) is 42.2 Å². The fourth-order valence-corrected chi connectivity index (χ4v) is 6.33. The van der Waals surface area contributed by atoms with Crippen LogP contribution in [0.4, 0.5) is 11.4 Å². The van der Waals surface area contributed by atoms with Crippen molar-refractivity contribution in [3.8, 4) is 23.0 Å². The number of anilines is 2. The van der Waals surface area contributed by atoms with Crippen molar-refractivity contribution in [1.82, 2.24) is 4.90 Å². The number of carbonyl (C=O) groups is 3. The summed E-state index contributed by atoms with van der Waals surface area (Å²) in [4.78, 5) is 45.0. The Morgan fingerprint density at radius 3 is 2.31 bits per heavy atom. The molecule has 5 aliphatic rings. The number of hydrogen-bond acceptors (Lipinski definition) is 8. The first-order valence-electron chi connectivity index (χ1n) is 12.6. The van der Waals surface area contributed by atoms with Gasteiger partial charge < -0.3 is 29.2 Å². The summed E-state index contributed by atoms with van der Waals surface area (Å²) in [5, 5.41) is 2.94. The van der Waals surface area contributed by atoms with Crippen molar-refractivity contribution < 1.29 is 33.3 Å². The summed E-state index contributed by atoms with van der Waals surface area (Å²) < 4.78 is 21.7. The lowest BCUT2D eigenvalue weighted by atomic mass is 9.84. The molecule has 10 nitrogen and oxygen atoms in total. The molecule has 0 radical (unpaired) electrons. The monoisotopic (exact) mass is 523 g/mol. The van der Waals surface area contributed by atoms with Gasteiger partial charge in [-0.15, -0.1) is 0 Å². The van der Waals surface area contributed by atoms with Gasteiger partial charge in [-0.05, 0) is 41.5 Å². The number of hydrogen-bond donors (Lipinski definition) is 1. The van der Waals surface area contributed by atoms with Crippen LogP contribution in [0.15, 0.2) is 66.9 Å². The minimum atomic E-state index is -0.912. The second-order valence-electron chi connectivity index (χ2n) is 9.94. The largest absolute Gasteiger partial charge is 0.454 e. The maximum atomic E-state index is 14.0. The number of benzene rings is 3. The molecule has 8 rings (SSSR count). The van der Waals surface area contributed by atoms with Crippen molar-refractivity contribution in [1.29, 1.82) is 0 Å². The number of fused-ring (bicyclic) bond motifs is 7. The van der Waals surface area contributed by atoms with Gasteiger partial charge in [0.2, 0.25) is 31.3 Å². The number of rotatable bonds is 3. The topological polar surface area (TPSA) is 107 Å². The Morgan fingerprint density at radius 2 is 1.49 bits per heavy atom. The van der Waals surface area contributed by atoms with Crippen molar-refractivity contribution in [2.45, 2.75) is 12.1 Å². The zero-order valence-corrected chi connectivity index (χ0v) is 20.4. The van der Waals surface area contributed by atoms with Crippen LogP contribution in [0.3, 0.4) is 0 Å². The standard InChI is InChI=1S/C29H21N3O7/c33-27(30-16-5-7-19-21(11-16)38-13-36-19)26-24-23(25-18-4-2-1-3-15(18)9-10-31(25)26)28(34)32(29(24)35)17-6-8-20-22(12-17)39-14-37-20/h1-12,23-26H,13-14H2,(H,30,33)/t23-,24+,25?,26-/m0/s1. The van der Waals surface area contributed by atoms with Crippen LogP contribution in [0.25, 0.3) is 6.08 Å². The van der Waals surface area contributed by atoms with Crippen LogP contribution in [-0.2, 0) is 14.4 Å². The minimum absolute atomic E-state index is 0.0776. The van der Waals surface area contributed by atoms with Crippen LogP contribution < -0.4 is 29.2 Å². The van der Waals surface area contributed by atoms with Crippen molar-refractivity contribution >= 4 is 35.2 Å². The Bertz CT molecular complexity index is 1620. The maximum Gasteiger partial charge on any atom is 0.247 e. The molecule has 3 amide bonds. The summed E-state index contributed by atoms with van der Waals surface area (Å²) in [6.45, 7) is 0.194. The summed E-state index contributed by atoms with van der Waals surface area (Å²) in [6, 6.07) is 16.5. The fourth-order valence-electron chi connectivity index (χ4n) is 6.33. The molecular weight excluding hydrogens is 502 g/mol. The van der Waals surface area contributed by atoms with Crippen LogP contribution >= 0.6 is 0 Å². The van der Waals surface area contributed by atoms with Gasteiger partial charge in [0.1, 0.15) is 6.04 Å². The molecule has 0 spiro atoms. The Morgan fingerprint density at radius 1 is 0.795 bits per heavy atom. The van der Waals surface area contributed by atoms with Crippen LogP contribution in [0.2, 0.25) is 0 Å².